The van der Waals surface area contributed by atoms with Crippen LogP contribution in [0.4, 0.5) is 10.2 Å². The first-order valence-corrected chi connectivity index (χ1v) is 9.87. The van der Waals surface area contributed by atoms with Crippen molar-refractivity contribution in [2.75, 3.05) is 5.32 Å². The van der Waals surface area contributed by atoms with E-state index in [1.165, 1.54) is 0 Å². The summed E-state index contributed by atoms with van der Waals surface area (Å²) in [6.45, 7) is 0.162. The fourth-order valence-corrected chi connectivity index (χ4v) is 3.91. The lowest BCUT2D eigenvalue weighted by molar-refractivity contribution is 0.0965. The number of halogens is 2. The number of nitrogens with one attached hydrogen (secondary N) is 2. The van der Waals surface area contributed by atoms with Crippen LogP contribution in [0, 0.1) is 5.82 Å². The molecular formula is C21H22ClFN4O. The number of rotatable bonds is 4. The summed E-state index contributed by atoms with van der Waals surface area (Å²) in [5.74, 6) is -0.624. The summed E-state index contributed by atoms with van der Waals surface area (Å²) in [6, 6.07) is 7.25. The van der Waals surface area contributed by atoms with Crippen LogP contribution in [0.25, 0.3) is 12.2 Å². The van der Waals surface area contributed by atoms with Gasteiger partial charge in [0.1, 0.15) is 0 Å². The zero-order valence-electron chi connectivity index (χ0n) is 15.3. The van der Waals surface area contributed by atoms with Gasteiger partial charge in [0, 0.05) is 29.2 Å². The van der Waals surface area contributed by atoms with E-state index in [1.807, 2.05) is 18.2 Å². The predicted molar refractivity (Wildman–Crippen MR) is 110 cm³/mol. The van der Waals surface area contributed by atoms with Gasteiger partial charge in [0.15, 0.2) is 11.6 Å². The first-order chi connectivity index (χ1) is 13.5. The molecular weight excluding hydrogens is 379 g/mol. The quantitative estimate of drug-likeness (QED) is 0.725. The number of pyridine rings is 1. The van der Waals surface area contributed by atoms with Gasteiger partial charge < -0.3 is 16.4 Å². The summed E-state index contributed by atoms with van der Waals surface area (Å²) in [5, 5.41) is 6.52. The zero-order valence-corrected chi connectivity index (χ0v) is 16.1. The van der Waals surface area contributed by atoms with Crippen molar-refractivity contribution in [2.45, 2.75) is 44.3 Å². The Kier molecular flexibility index (Phi) is 5.33. The van der Waals surface area contributed by atoms with E-state index in [-0.39, 0.29) is 30.4 Å². The number of hydrogen-bond donors (Lipinski definition) is 3. The molecule has 1 aromatic carbocycles. The van der Waals surface area contributed by atoms with Crippen molar-refractivity contribution in [2.24, 2.45) is 5.73 Å². The number of amides is 1. The molecule has 0 spiro atoms. The first kappa shape index (κ1) is 18.9. The molecule has 1 saturated carbocycles. The minimum Gasteiger partial charge on any atom is -0.363 e. The normalized spacial score (nSPS) is 21.6. The molecule has 0 bridgehead atoms. The van der Waals surface area contributed by atoms with Crippen LogP contribution in [0.3, 0.4) is 0 Å². The maximum Gasteiger partial charge on any atom is 0.254 e. The van der Waals surface area contributed by atoms with Crippen LogP contribution in [0.15, 0.2) is 24.3 Å². The van der Waals surface area contributed by atoms with Crippen LogP contribution in [-0.4, -0.2) is 23.0 Å². The molecule has 1 fully saturated rings. The highest BCUT2D eigenvalue weighted by Crippen LogP contribution is 2.30. The molecule has 4 rings (SSSR count). The van der Waals surface area contributed by atoms with Crippen LogP contribution in [0.2, 0.25) is 5.02 Å². The van der Waals surface area contributed by atoms with Gasteiger partial charge in [0.05, 0.1) is 11.3 Å². The fraction of sp³-hybridized carbons (Fsp3) is 0.333. The number of carbonyl (C=O) groups excluding carboxylic acids is 1. The second-order valence-electron chi connectivity index (χ2n) is 7.28. The average molecular weight is 401 g/mol. The molecule has 0 unspecified atom stereocenters. The lowest BCUT2D eigenvalue weighted by atomic mass is 9.91. The molecule has 5 nitrogen and oxygen atoms in total. The Morgan fingerprint density at radius 1 is 1.21 bits per heavy atom. The second kappa shape index (κ2) is 7.89. The number of anilines is 1. The van der Waals surface area contributed by atoms with Crippen molar-refractivity contribution in [3.63, 3.8) is 0 Å². The number of hydrogen-bond acceptors (Lipinski definition) is 4. The van der Waals surface area contributed by atoms with E-state index in [9.17, 15) is 4.79 Å². The van der Waals surface area contributed by atoms with E-state index >= 15 is 4.39 Å². The average Bonchev–Trinajstić information content (AvgIpc) is 3.08. The van der Waals surface area contributed by atoms with Crippen LogP contribution < -0.4 is 16.4 Å². The number of fused-ring (bicyclic) bond motifs is 1. The molecule has 4 N–H and O–H groups in total. The summed E-state index contributed by atoms with van der Waals surface area (Å²) in [4.78, 5) is 16.7. The third kappa shape index (κ3) is 3.75. The van der Waals surface area contributed by atoms with Gasteiger partial charge in [-0.2, -0.15) is 0 Å². The van der Waals surface area contributed by atoms with Gasteiger partial charge in [0.25, 0.3) is 5.91 Å². The Balaban J connectivity index is 1.69. The number of benzene rings is 1. The summed E-state index contributed by atoms with van der Waals surface area (Å²) >= 11 is 5.92. The second-order valence-corrected chi connectivity index (χ2v) is 7.72. The Morgan fingerprint density at radius 2 is 1.96 bits per heavy atom. The van der Waals surface area contributed by atoms with Crippen molar-refractivity contribution in [1.82, 2.24) is 10.3 Å². The minimum atomic E-state index is -0.477. The van der Waals surface area contributed by atoms with Crippen molar-refractivity contribution in [3.05, 3.63) is 57.5 Å². The van der Waals surface area contributed by atoms with E-state index in [2.05, 4.69) is 15.6 Å². The molecule has 0 radical (unpaired) electrons. The van der Waals surface area contributed by atoms with Crippen LogP contribution in [0.1, 0.15) is 52.9 Å². The minimum absolute atomic E-state index is 0.0213. The number of nitrogens with two attached hydrogens (primary N) is 1. The standard InChI is InChI=1S/C21H22ClFN4O/c22-13-8-5-12(6-9-13)7-10-17-18-14(11-25-21(18)28)19(23)20(27-17)26-16-4-2-1-3-15(16)24/h5-10,15-16H,1-4,11,24H2,(H,25,28)(H,26,27)/t15-,16+/m0/s1. The van der Waals surface area contributed by atoms with Gasteiger partial charge in [0.2, 0.25) is 0 Å². The maximum absolute atomic E-state index is 15.0. The molecule has 2 atom stereocenters. The molecule has 28 heavy (non-hydrogen) atoms. The summed E-state index contributed by atoms with van der Waals surface area (Å²) in [5.41, 5.74) is 8.18. The zero-order chi connectivity index (χ0) is 19.7. The lowest BCUT2D eigenvalue weighted by Crippen LogP contribution is -2.43. The Labute approximate surface area is 168 Å². The molecule has 2 aromatic rings. The maximum atomic E-state index is 15.0. The molecule has 2 aliphatic rings. The molecule has 1 aromatic heterocycles. The van der Waals surface area contributed by atoms with E-state index in [0.29, 0.717) is 21.8 Å². The van der Waals surface area contributed by atoms with Gasteiger partial charge in [-0.15, -0.1) is 0 Å². The fourth-order valence-electron chi connectivity index (χ4n) is 3.79. The van der Waals surface area contributed by atoms with Gasteiger partial charge in [-0.1, -0.05) is 42.7 Å². The Morgan fingerprint density at radius 3 is 2.71 bits per heavy atom. The molecule has 146 valence electrons. The van der Waals surface area contributed by atoms with Crippen LogP contribution >= 0.6 is 11.6 Å². The molecule has 1 aliphatic carbocycles. The summed E-state index contributed by atoms with van der Waals surface area (Å²) < 4.78 is 15.0. The summed E-state index contributed by atoms with van der Waals surface area (Å²) in [6.07, 6.45) is 7.51. The SMILES string of the molecule is N[C@H]1CCCC[C@H]1Nc1nc(C=Cc2ccc(Cl)cc2)c2c(c1F)CNC2=O. The third-order valence-electron chi connectivity index (χ3n) is 5.36. The molecule has 1 aliphatic heterocycles. The van der Waals surface area contributed by atoms with Crippen molar-refractivity contribution in [3.8, 4) is 0 Å². The molecule has 2 heterocycles. The predicted octanol–water partition coefficient (Wildman–Crippen LogP) is 3.97. The smallest absolute Gasteiger partial charge is 0.254 e. The van der Waals surface area contributed by atoms with E-state index < -0.39 is 5.82 Å². The van der Waals surface area contributed by atoms with Gasteiger partial charge in [-0.05, 0) is 36.6 Å². The lowest BCUT2D eigenvalue weighted by Gasteiger charge is -2.30. The highest BCUT2D eigenvalue weighted by molar-refractivity contribution is 6.30. The molecule has 1 amide bonds. The highest BCUT2D eigenvalue weighted by atomic mass is 35.5. The third-order valence-corrected chi connectivity index (χ3v) is 5.61. The largest absolute Gasteiger partial charge is 0.363 e. The van der Waals surface area contributed by atoms with Gasteiger partial charge in [-0.3, -0.25) is 4.79 Å². The van der Waals surface area contributed by atoms with Crippen LogP contribution in [-0.2, 0) is 6.54 Å². The molecule has 7 heteroatoms. The number of aromatic nitrogens is 1. The van der Waals surface area contributed by atoms with Crippen molar-refractivity contribution < 1.29 is 9.18 Å². The highest BCUT2D eigenvalue weighted by Gasteiger charge is 2.30. The first-order valence-electron chi connectivity index (χ1n) is 9.49. The number of nitrogens with zero attached hydrogens (tertiary/aromatic N) is 1. The van der Waals surface area contributed by atoms with Gasteiger partial charge in [-0.25, -0.2) is 9.37 Å². The van der Waals surface area contributed by atoms with Crippen molar-refractivity contribution >= 4 is 35.5 Å². The summed E-state index contributed by atoms with van der Waals surface area (Å²) in [7, 11) is 0. The monoisotopic (exact) mass is 400 g/mol. The Bertz CT molecular complexity index is 929. The molecule has 0 saturated heterocycles. The Hall–Kier alpha value is -2.44. The van der Waals surface area contributed by atoms with E-state index in [0.717, 1.165) is 31.2 Å². The van der Waals surface area contributed by atoms with Crippen LogP contribution in [0.5, 0.6) is 0 Å². The van der Waals surface area contributed by atoms with Gasteiger partial charge >= 0.3 is 0 Å². The van der Waals surface area contributed by atoms with E-state index in [1.54, 1.807) is 18.2 Å². The number of carbonyl (C=O) groups is 1. The van der Waals surface area contributed by atoms with E-state index in [4.69, 9.17) is 17.3 Å². The van der Waals surface area contributed by atoms with Crippen molar-refractivity contribution in [1.29, 1.82) is 0 Å². The topological polar surface area (TPSA) is 80.0 Å².